The molecule has 6 heteroatoms. The highest BCUT2D eigenvalue weighted by Gasteiger charge is 2.10. The molecule has 1 unspecified atom stereocenters. The van der Waals surface area contributed by atoms with E-state index in [1.807, 2.05) is 30.3 Å². The van der Waals surface area contributed by atoms with Crippen molar-refractivity contribution >= 4 is 29.2 Å². The molecule has 3 N–H and O–H groups in total. The molecule has 0 spiro atoms. The Morgan fingerprint density at radius 3 is 2.83 bits per heavy atom. The molecule has 118 valence electrons. The number of aliphatic hydroxyl groups is 1. The van der Waals surface area contributed by atoms with Gasteiger partial charge in [-0.1, -0.05) is 30.3 Å². The standard InChI is InChI=1S/C17H16N2O3S/c20-14(11-4-2-1-3-5-11)8-9-18-16(21)12-6-7-13-15(10-12)22-17(23)19-13/h1-7,10,14,20H,8-9H2,(H,18,21)(H,19,23). The zero-order chi connectivity index (χ0) is 16.2. The van der Waals surface area contributed by atoms with Gasteiger partial charge < -0.3 is 19.8 Å². The Balaban J connectivity index is 1.59. The van der Waals surface area contributed by atoms with Crippen LogP contribution in [0.15, 0.2) is 52.9 Å². The molecule has 1 amide bonds. The maximum Gasteiger partial charge on any atom is 0.266 e. The first-order chi connectivity index (χ1) is 11.1. The van der Waals surface area contributed by atoms with E-state index in [0.29, 0.717) is 24.1 Å². The quantitative estimate of drug-likeness (QED) is 0.628. The number of carbonyl (C=O) groups excluding carboxylic acids is 1. The van der Waals surface area contributed by atoms with Gasteiger partial charge in [0.15, 0.2) is 5.58 Å². The number of carbonyl (C=O) groups is 1. The Morgan fingerprint density at radius 1 is 1.26 bits per heavy atom. The molecule has 0 aliphatic heterocycles. The Bertz CT molecular complexity index is 870. The smallest absolute Gasteiger partial charge is 0.266 e. The number of rotatable bonds is 5. The average molecular weight is 328 g/mol. The van der Waals surface area contributed by atoms with Crippen LogP contribution in [0.3, 0.4) is 0 Å². The van der Waals surface area contributed by atoms with Crippen molar-refractivity contribution in [3.63, 3.8) is 0 Å². The van der Waals surface area contributed by atoms with Gasteiger partial charge in [-0.2, -0.15) is 0 Å². The fourth-order valence-electron chi connectivity index (χ4n) is 2.35. The number of hydrogen-bond acceptors (Lipinski definition) is 4. The first-order valence-electron chi connectivity index (χ1n) is 7.27. The number of hydrogen-bond donors (Lipinski definition) is 3. The minimum Gasteiger partial charge on any atom is -0.429 e. The van der Waals surface area contributed by atoms with E-state index in [-0.39, 0.29) is 10.7 Å². The summed E-state index contributed by atoms with van der Waals surface area (Å²) >= 11 is 4.92. The first-order valence-corrected chi connectivity index (χ1v) is 7.68. The maximum atomic E-state index is 12.1. The van der Waals surface area contributed by atoms with Gasteiger partial charge in [-0.25, -0.2) is 0 Å². The van der Waals surface area contributed by atoms with Crippen LogP contribution in [0.25, 0.3) is 11.1 Å². The second-order valence-corrected chi connectivity index (χ2v) is 5.57. The van der Waals surface area contributed by atoms with Crippen LogP contribution in [0, 0.1) is 4.84 Å². The van der Waals surface area contributed by atoms with Gasteiger partial charge in [0.2, 0.25) is 0 Å². The van der Waals surface area contributed by atoms with Gasteiger partial charge in [-0.05, 0) is 42.4 Å². The topological polar surface area (TPSA) is 78.3 Å². The van der Waals surface area contributed by atoms with Crippen LogP contribution in [0.1, 0.15) is 28.4 Å². The highest BCUT2D eigenvalue weighted by Crippen LogP contribution is 2.17. The molecule has 1 heterocycles. The average Bonchev–Trinajstić information content (AvgIpc) is 2.94. The summed E-state index contributed by atoms with van der Waals surface area (Å²) in [6.07, 6.45) is -0.149. The number of oxazole rings is 1. The van der Waals surface area contributed by atoms with Crippen molar-refractivity contribution < 1.29 is 14.3 Å². The van der Waals surface area contributed by atoms with Crippen LogP contribution in [0.5, 0.6) is 0 Å². The largest absolute Gasteiger partial charge is 0.429 e. The van der Waals surface area contributed by atoms with Crippen LogP contribution in [0.2, 0.25) is 0 Å². The van der Waals surface area contributed by atoms with Crippen LogP contribution < -0.4 is 5.32 Å². The third-order valence-electron chi connectivity index (χ3n) is 3.57. The molecule has 2 aromatic carbocycles. The number of aromatic amines is 1. The highest BCUT2D eigenvalue weighted by atomic mass is 32.1. The zero-order valence-corrected chi connectivity index (χ0v) is 13.1. The predicted molar refractivity (Wildman–Crippen MR) is 89.8 cm³/mol. The van der Waals surface area contributed by atoms with E-state index in [1.165, 1.54) is 0 Å². The molecule has 0 saturated heterocycles. The Morgan fingerprint density at radius 2 is 2.04 bits per heavy atom. The van der Waals surface area contributed by atoms with Gasteiger partial charge in [0.1, 0.15) is 0 Å². The van der Waals surface area contributed by atoms with Gasteiger partial charge in [-0.3, -0.25) is 4.79 Å². The second kappa shape index (κ2) is 6.76. The van der Waals surface area contributed by atoms with E-state index in [2.05, 4.69) is 10.3 Å². The summed E-state index contributed by atoms with van der Waals surface area (Å²) in [6, 6.07) is 14.5. The summed E-state index contributed by atoms with van der Waals surface area (Å²) in [5.74, 6) is -0.213. The SMILES string of the molecule is O=C(NCCC(O)c1ccccc1)c1ccc2[nH]c(=S)oc2c1. The van der Waals surface area contributed by atoms with Gasteiger partial charge >= 0.3 is 0 Å². The lowest BCUT2D eigenvalue weighted by molar-refractivity contribution is 0.0942. The highest BCUT2D eigenvalue weighted by molar-refractivity contribution is 7.71. The minimum atomic E-state index is -0.596. The molecule has 23 heavy (non-hydrogen) atoms. The van der Waals surface area contributed by atoms with Gasteiger partial charge in [0, 0.05) is 12.1 Å². The molecule has 0 bridgehead atoms. The van der Waals surface area contributed by atoms with E-state index >= 15 is 0 Å². The van der Waals surface area contributed by atoms with Crippen LogP contribution in [-0.2, 0) is 0 Å². The van der Waals surface area contributed by atoms with Gasteiger partial charge in [-0.15, -0.1) is 0 Å². The van der Waals surface area contributed by atoms with Crippen LogP contribution in [-0.4, -0.2) is 22.5 Å². The molecule has 0 aliphatic rings. The summed E-state index contributed by atoms with van der Waals surface area (Å²) in [5.41, 5.74) is 2.63. The Hall–Kier alpha value is -2.44. The molecule has 3 rings (SSSR count). The van der Waals surface area contributed by atoms with Crippen molar-refractivity contribution in [3.8, 4) is 0 Å². The molecule has 5 nitrogen and oxygen atoms in total. The summed E-state index contributed by atoms with van der Waals surface area (Å²) in [7, 11) is 0. The van der Waals surface area contributed by atoms with E-state index < -0.39 is 6.10 Å². The van der Waals surface area contributed by atoms with Crippen LogP contribution in [0.4, 0.5) is 0 Å². The number of fused-ring (bicyclic) bond motifs is 1. The lowest BCUT2D eigenvalue weighted by Gasteiger charge is -2.11. The fourth-order valence-corrected chi connectivity index (χ4v) is 2.55. The summed E-state index contributed by atoms with van der Waals surface area (Å²) in [5, 5.41) is 12.9. The molecular weight excluding hydrogens is 312 g/mol. The monoisotopic (exact) mass is 328 g/mol. The number of aliphatic hydroxyl groups excluding tert-OH is 1. The minimum absolute atomic E-state index is 0.213. The lowest BCUT2D eigenvalue weighted by atomic mass is 10.1. The third kappa shape index (κ3) is 3.67. The third-order valence-corrected chi connectivity index (χ3v) is 3.76. The normalized spacial score (nSPS) is 12.2. The van der Waals surface area contributed by atoms with E-state index in [9.17, 15) is 9.90 Å². The lowest BCUT2D eigenvalue weighted by Crippen LogP contribution is -2.25. The number of benzene rings is 2. The molecule has 0 saturated carbocycles. The Kier molecular flexibility index (Phi) is 4.55. The maximum absolute atomic E-state index is 12.1. The van der Waals surface area contributed by atoms with Crippen molar-refractivity contribution in [3.05, 3.63) is 64.5 Å². The van der Waals surface area contributed by atoms with Gasteiger partial charge in [0.05, 0.1) is 11.6 Å². The first kappa shape index (κ1) is 15.5. The van der Waals surface area contributed by atoms with Crippen molar-refractivity contribution in [2.75, 3.05) is 6.54 Å². The molecule has 1 atom stereocenters. The van der Waals surface area contributed by atoms with Crippen molar-refractivity contribution in [2.45, 2.75) is 12.5 Å². The van der Waals surface area contributed by atoms with E-state index in [0.717, 1.165) is 11.1 Å². The van der Waals surface area contributed by atoms with Crippen molar-refractivity contribution in [1.29, 1.82) is 0 Å². The molecule has 0 fully saturated rings. The summed E-state index contributed by atoms with van der Waals surface area (Å²) < 4.78 is 5.30. The number of nitrogens with one attached hydrogen (secondary N) is 2. The zero-order valence-electron chi connectivity index (χ0n) is 12.3. The number of aromatic nitrogens is 1. The fraction of sp³-hybridized carbons (Fsp3) is 0.176. The summed E-state index contributed by atoms with van der Waals surface area (Å²) in [6.45, 7) is 0.378. The molecule has 0 radical (unpaired) electrons. The predicted octanol–water partition coefficient (Wildman–Crippen LogP) is 3.34. The van der Waals surface area contributed by atoms with Crippen molar-refractivity contribution in [1.82, 2.24) is 10.3 Å². The number of H-pyrrole nitrogens is 1. The summed E-state index contributed by atoms with van der Waals surface area (Å²) in [4.78, 5) is 15.3. The number of amides is 1. The second-order valence-electron chi connectivity index (χ2n) is 5.20. The molecule has 3 aromatic rings. The molecule has 0 aliphatic carbocycles. The van der Waals surface area contributed by atoms with E-state index in [4.69, 9.17) is 16.6 Å². The molecule has 1 aromatic heterocycles. The Labute approximate surface area is 138 Å². The molecular formula is C17H16N2O3S. The van der Waals surface area contributed by atoms with E-state index in [1.54, 1.807) is 18.2 Å². The van der Waals surface area contributed by atoms with Gasteiger partial charge in [0.25, 0.3) is 10.7 Å². The van der Waals surface area contributed by atoms with Crippen molar-refractivity contribution in [2.24, 2.45) is 0 Å². The van der Waals surface area contributed by atoms with Crippen LogP contribution >= 0.6 is 12.2 Å².